The number of rotatable bonds is 5. The van der Waals surface area contributed by atoms with E-state index in [-0.39, 0.29) is 17.4 Å². The van der Waals surface area contributed by atoms with Crippen LogP contribution in [-0.2, 0) is 20.7 Å². The molecule has 0 radical (unpaired) electrons. The maximum Gasteiger partial charge on any atom is 0.306 e. The third-order valence-corrected chi connectivity index (χ3v) is 6.78. The molecule has 2 aliphatic heterocycles. The Balaban J connectivity index is 1.99. The molecule has 2 aromatic carbocycles. The maximum atomic E-state index is 13.9. The van der Waals surface area contributed by atoms with Crippen molar-refractivity contribution in [1.82, 2.24) is 0 Å². The summed E-state index contributed by atoms with van der Waals surface area (Å²) in [6.45, 7) is 8.38. The fraction of sp³-hybridized carbons (Fsp3) is 0.481. The summed E-state index contributed by atoms with van der Waals surface area (Å²) >= 11 is 0. The van der Waals surface area contributed by atoms with E-state index in [0.717, 1.165) is 40.8 Å². The van der Waals surface area contributed by atoms with Gasteiger partial charge in [0, 0.05) is 23.2 Å². The minimum atomic E-state index is -1.13. The second-order valence-electron chi connectivity index (χ2n) is 10.2. The van der Waals surface area contributed by atoms with E-state index in [4.69, 9.17) is 14.2 Å². The van der Waals surface area contributed by atoms with Gasteiger partial charge in [-0.2, -0.15) is 0 Å². The average molecular weight is 468 g/mol. The van der Waals surface area contributed by atoms with Gasteiger partial charge in [0.25, 0.3) is 5.91 Å². The number of methoxy groups -OCH3 is 2. The lowest BCUT2D eigenvalue weighted by atomic mass is 9.78. The van der Waals surface area contributed by atoms with E-state index >= 15 is 0 Å². The first-order valence-corrected chi connectivity index (χ1v) is 11.6. The van der Waals surface area contributed by atoms with Crippen LogP contribution in [0.5, 0.6) is 11.5 Å². The summed E-state index contributed by atoms with van der Waals surface area (Å²) in [6.07, 6.45) is -0.569. The zero-order chi connectivity index (χ0) is 24.8. The van der Waals surface area contributed by atoms with E-state index in [1.807, 2.05) is 30.0 Å². The number of carboxylic acid groups (broad SMARTS) is 1. The second-order valence-corrected chi connectivity index (χ2v) is 10.2. The van der Waals surface area contributed by atoms with Gasteiger partial charge < -0.3 is 24.2 Å². The summed E-state index contributed by atoms with van der Waals surface area (Å²) in [5.74, 6) is -0.195. The van der Waals surface area contributed by atoms with Crippen molar-refractivity contribution in [2.75, 3.05) is 19.1 Å². The molecule has 0 aromatic heterocycles. The van der Waals surface area contributed by atoms with Crippen LogP contribution in [0.4, 0.5) is 5.69 Å². The minimum absolute atomic E-state index is 0.0784. The number of anilines is 1. The molecule has 0 fully saturated rings. The van der Waals surface area contributed by atoms with E-state index < -0.39 is 24.6 Å². The molecule has 7 nitrogen and oxygen atoms in total. The van der Waals surface area contributed by atoms with E-state index in [1.54, 1.807) is 20.3 Å². The minimum Gasteiger partial charge on any atom is -0.497 e. The van der Waals surface area contributed by atoms with Crippen molar-refractivity contribution in [3.05, 3.63) is 52.6 Å². The van der Waals surface area contributed by atoms with Gasteiger partial charge in [-0.1, -0.05) is 38.5 Å². The molecule has 2 heterocycles. The molecule has 0 saturated carbocycles. The Morgan fingerprint density at radius 2 is 1.88 bits per heavy atom. The van der Waals surface area contributed by atoms with Crippen LogP contribution < -0.4 is 14.4 Å². The SMILES string of the molecule is COc1ccc([C@H]2O[C@H](CC(=O)O)C(=O)N3c4c(cc(C)cc42)CC[C@H]3C(C)(C)C)c(OC)c1. The first-order chi connectivity index (χ1) is 16.0. The van der Waals surface area contributed by atoms with Gasteiger partial charge in [-0.15, -0.1) is 0 Å². The molecule has 3 atom stereocenters. The molecule has 0 unspecified atom stereocenters. The summed E-state index contributed by atoms with van der Waals surface area (Å²) < 4.78 is 17.4. The van der Waals surface area contributed by atoms with E-state index in [2.05, 4.69) is 26.8 Å². The summed E-state index contributed by atoms with van der Waals surface area (Å²) in [5, 5.41) is 9.62. The normalized spacial score (nSPS) is 22.1. The fourth-order valence-corrected chi connectivity index (χ4v) is 5.25. The zero-order valence-corrected chi connectivity index (χ0v) is 20.7. The molecular formula is C27H33NO6. The van der Waals surface area contributed by atoms with Crippen LogP contribution in [-0.4, -0.2) is 43.3 Å². The lowest BCUT2D eigenvalue weighted by molar-refractivity contribution is -0.147. The van der Waals surface area contributed by atoms with Crippen molar-refractivity contribution in [3.8, 4) is 11.5 Å². The number of aliphatic carboxylic acids is 1. The number of carboxylic acids is 1. The smallest absolute Gasteiger partial charge is 0.306 e. The largest absolute Gasteiger partial charge is 0.497 e. The predicted octanol–water partition coefficient (Wildman–Crippen LogP) is 4.67. The van der Waals surface area contributed by atoms with Crippen LogP contribution in [0.1, 0.15) is 62.0 Å². The molecule has 0 aliphatic carbocycles. The molecule has 2 aromatic rings. The highest BCUT2D eigenvalue weighted by molar-refractivity contribution is 6.01. The molecule has 34 heavy (non-hydrogen) atoms. The summed E-state index contributed by atoms with van der Waals surface area (Å²) in [6, 6.07) is 9.54. The molecule has 1 amide bonds. The molecule has 0 bridgehead atoms. The number of carbonyl (C=O) groups is 2. The Morgan fingerprint density at radius 1 is 1.15 bits per heavy atom. The number of hydrogen-bond acceptors (Lipinski definition) is 5. The number of ether oxygens (including phenoxy) is 3. The molecule has 1 N–H and O–H groups in total. The topological polar surface area (TPSA) is 85.3 Å². The standard InChI is InChI=1S/C27H33NO6/c1-15-11-16-7-10-22(27(2,3)4)28-24(16)19(12-15)25(34-21(26(28)31)14-23(29)30)18-9-8-17(32-5)13-20(18)33-6/h8-9,11-13,21-22,25H,7,10,14H2,1-6H3,(H,29,30)/t21-,22+,25-/m1/s1. The molecule has 0 saturated heterocycles. The Labute approximate surface area is 200 Å². The van der Waals surface area contributed by atoms with Gasteiger partial charge >= 0.3 is 5.97 Å². The quantitative estimate of drug-likeness (QED) is 0.688. The Morgan fingerprint density at radius 3 is 2.50 bits per heavy atom. The third kappa shape index (κ3) is 4.25. The molecule has 0 spiro atoms. The third-order valence-electron chi connectivity index (χ3n) is 6.78. The summed E-state index contributed by atoms with van der Waals surface area (Å²) in [7, 11) is 3.15. The number of amides is 1. The van der Waals surface area contributed by atoms with E-state index in [9.17, 15) is 14.7 Å². The predicted molar refractivity (Wildman–Crippen MR) is 129 cm³/mol. The van der Waals surface area contributed by atoms with E-state index in [0.29, 0.717) is 11.5 Å². The van der Waals surface area contributed by atoms with Crippen LogP contribution in [0.2, 0.25) is 0 Å². The van der Waals surface area contributed by atoms with Crippen molar-refractivity contribution in [1.29, 1.82) is 0 Å². The average Bonchev–Trinajstić information content (AvgIpc) is 2.89. The molecular weight excluding hydrogens is 434 g/mol. The van der Waals surface area contributed by atoms with Crippen molar-refractivity contribution in [3.63, 3.8) is 0 Å². The van der Waals surface area contributed by atoms with Crippen LogP contribution in [0, 0.1) is 12.3 Å². The van der Waals surface area contributed by atoms with Crippen LogP contribution in [0.3, 0.4) is 0 Å². The highest BCUT2D eigenvalue weighted by Crippen LogP contribution is 2.49. The number of hydrogen-bond donors (Lipinski definition) is 1. The van der Waals surface area contributed by atoms with Gasteiger partial charge in [0.05, 0.1) is 26.3 Å². The monoisotopic (exact) mass is 467 g/mol. The van der Waals surface area contributed by atoms with Crippen molar-refractivity contribution in [2.24, 2.45) is 5.41 Å². The number of aryl methyl sites for hydroxylation is 2. The van der Waals surface area contributed by atoms with Gasteiger partial charge in [0.1, 0.15) is 23.7 Å². The second kappa shape index (κ2) is 8.95. The number of nitrogens with zero attached hydrogens (tertiary/aromatic N) is 1. The first-order valence-electron chi connectivity index (χ1n) is 11.6. The van der Waals surface area contributed by atoms with Gasteiger partial charge in [-0.05, 0) is 42.9 Å². The Bertz CT molecular complexity index is 1120. The molecule has 2 aliphatic rings. The summed E-state index contributed by atoms with van der Waals surface area (Å²) in [5.41, 5.74) is 4.38. The van der Waals surface area contributed by atoms with Gasteiger partial charge in [0.15, 0.2) is 0 Å². The lowest BCUT2D eigenvalue weighted by Crippen LogP contribution is -2.53. The van der Waals surface area contributed by atoms with Crippen molar-refractivity contribution in [2.45, 2.75) is 65.2 Å². The fourth-order valence-electron chi connectivity index (χ4n) is 5.25. The van der Waals surface area contributed by atoms with Crippen molar-refractivity contribution < 1.29 is 28.9 Å². The van der Waals surface area contributed by atoms with Crippen LogP contribution >= 0.6 is 0 Å². The molecule has 4 rings (SSSR count). The number of carbonyl (C=O) groups excluding carboxylic acids is 1. The zero-order valence-electron chi connectivity index (χ0n) is 20.7. The molecule has 182 valence electrons. The summed E-state index contributed by atoms with van der Waals surface area (Å²) in [4.78, 5) is 27.5. The maximum absolute atomic E-state index is 13.9. The molecule has 7 heteroatoms. The lowest BCUT2D eigenvalue weighted by Gasteiger charge is -2.45. The van der Waals surface area contributed by atoms with Crippen LogP contribution in [0.25, 0.3) is 0 Å². The van der Waals surface area contributed by atoms with Gasteiger partial charge in [-0.3, -0.25) is 9.59 Å². The Kier molecular flexibility index (Phi) is 6.34. The first kappa shape index (κ1) is 24.1. The van der Waals surface area contributed by atoms with Gasteiger partial charge in [-0.25, -0.2) is 0 Å². The highest BCUT2D eigenvalue weighted by Gasteiger charge is 2.46. The Hall–Kier alpha value is -3.06. The van der Waals surface area contributed by atoms with E-state index in [1.165, 1.54) is 0 Å². The highest BCUT2D eigenvalue weighted by atomic mass is 16.5. The van der Waals surface area contributed by atoms with Crippen molar-refractivity contribution >= 4 is 17.6 Å². The number of benzene rings is 2. The van der Waals surface area contributed by atoms with Crippen LogP contribution in [0.15, 0.2) is 30.3 Å². The van der Waals surface area contributed by atoms with Gasteiger partial charge in [0.2, 0.25) is 0 Å².